The Kier molecular flexibility index (Phi) is 3.85. The van der Waals surface area contributed by atoms with Crippen molar-refractivity contribution < 1.29 is 9.53 Å². The number of benzene rings is 1. The summed E-state index contributed by atoms with van der Waals surface area (Å²) in [5, 5.41) is 2.85. The predicted molar refractivity (Wildman–Crippen MR) is 66.7 cm³/mol. The molecule has 0 radical (unpaired) electrons. The first kappa shape index (κ1) is 11.8. The van der Waals surface area contributed by atoms with Gasteiger partial charge < -0.3 is 15.8 Å². The fraction of sp³-hybridized carbons (Fsp3) is 0.462. The molecule has 0 heterocycles. The van der Waals surface area contributed by atoms with E-state index in [2.05, 4.69) is 5.32 Å². The number of amides is 1. The lowest BCUT2D eigenvalue weighted by molar-refractivity contribution is -0.121. The molecular formula is C13H18N2O2. The third-order valence-corrected chi connectivity index (χ3v) is 2.74. The molecule has 0 spiro atoms. The predicted octanol–water partition coefficient (Wildman–Crippen LogP) is 1.56. The zero-order chi connectivity index (χ0) is 12.1. The fourth-order valence-electron chi connectivity index (χ4n) is 1.58. The van der Waals surface area contributed by atoms with Gasteiger partial charge in [-0.05, 0) is 43.0 Å². The number of carbonyl (C=O) groups is 1. The maximum atomic E-state index is 11.4. The number of ether oxygens (including phenoxy) is 1. The molecule has 1 amide bonds. The molecule has 0 saturated heterocycles. The number of hydrogen-bond donors (Lipinski definition) is 2. The highest BCUT2D eigenvalue weighted by Crippen LogP contribution is 2.31. The highest BCUT2D eigenvalue weighted by molar-refractivity contribution is 5.76. The van der Waals surface area contributed by atoms with Crippen LogP contribution in [0.4, 0.5) is 5.69 Å². The second-order valence-corrected chi connectivity index (χ2v) is 4.41. The summed E-state index contributed by atoms with van der Waals surface area (Å²) < 4.78 is 5.46. The molecule has 1 aliphatic rings. The van der Waals surface area contributed by atoms with Crippen molar-refractivity contribution >= 4 is 11.6 Å². The first-order valence-electron chi connectivity index (χ1n) is 5.99. The van der Waals surface area contributed by atoms with Gasteiger partial charge >= 0.3 is 0 Å². The molecule has 0 bridgehead atoms. The van der Waals surface area contributed by atoms with Gasteiger partial charge in [0, 0.05) is 12.1 Å². The molecule has 1 aromatic carbocycles. The van der Waals surface area contributed by atoms with Gasteiger partial charge in [0.15, 0.2) is 0 Å². The van der Waals surface area contributed by atoms with E-state index in [-0.39, 0.29) is 5.91 Å². The van der Waals surface area contributed by atoms with Gasteiger partial charge in [-0.25, -0.2) is 0 Å². The van der Waals surface area contributed by atoms with Gasteiger partial charge in [-0.15, -0.1) is 0 Å². The van der Waals surface area contributed by atoms with Crippen LogP contribution in [-0.4, -0.2) is 19.1 Å². The van der Waals surface area contributed by atoms with Gasteiger partial charge in [-0.2, -0.15) is 0 Å². The number of rotatable bonds is 6. The third-order valence-electron chi connectivity index (χ3n) is 2.74. The smallest absolute Gasteiger partial charge is 0.220 e. The summed E-state index contributed by atoms with van der Waals surface area (Å²) in [4.78, 5) is 11.4. The minimum Gasteiger partial charge on any atom is -0.492 e. The van der Waals surface area contributed by atoms with E-state index in [0.29, 0.717) is 25.5 Å². The first-order valence-corrected chi connectivity index (χ1v) is 5.99. The van der Waals surface area contributed by atoms with Crippen molar-refractivity contribution in [1.82, 2.24) is 5.32 Å². The van der Waals surface area contributed by atoms with Crippen LogP contribution >= 0.6 is 0 Å². The Labute approximate surface area is 101 Å². The summed E-state index contributed by atoms with van der Waals surface area (Å²) in [5.74, 6) is 1.54. The Balaban J connectivity index is 1.59. The molecule has 1 aliphatic carbocycles. The van der Waals surface area contributed by atoms with Crippen LogP contribution in [0.1, 0.15) is 19.3 Å². The van der Waals surface area contributed by atoms with Gasteiger partial charge in [0.2, 0.25) is 5.91 Å². The summed E-state index contributed by atoms with van der Waals surface area (Å²) >= 11 is 0. The number of nitrogens with two attached hydrogens (primary N) is 1. The van der Waals surface area contributed by atoms with E-state index >= 15 is 0 Å². The lowest BCUT2D eigenvalue weighted by Gasteiger charge is -2.07. The van der Waals surface area contributed by atoms with Gasteiger partial charge in [-0.1, -0.05) is 0 Å². The SMILES string of the molecule is Nc1ccc(OCCNC(=O)CC2CC2)cc1. The highest BCUT2D eigenvalue weighted by Gasteiger charge is 2.23. The van der Waals surface area contributed by atoms with Gasteiger partial charge in [0.25, 0.3) is 0 Å². The molecular weight excluding hydrogens is 216 g/mol. The third kappa shape index (κ3) is 4.34. The minimum absolute atomic E-state index is 0.133. The van der Waals surface area contributed by atoms with Crippen LogP contribution in [0.25, 0.3) is 0 Å². The molecule has 3 N–H and O–H groups in total. The topological polar surface area (TPSA) is 64.3 Å². The molecule has 0 aromatic heterocycles. The largest absolute Gasteiger partial charge is 0.492 e. The van der Waals surface area contributed by atoms with E-state index in [1.807, 2.05) is 12.1 Å². The fourth-order valence-corrected chi connectivity index (χ4v) is 1.58. The minimum atomic E-state index is 0.133. The van der Waals surface area contributed by atoms with Crippen LogP contribution in [-0.2, 0) is 4.79 Å². The maximum absolute atomic E-state index is 11.4. The number of nitrogen functional groups attached to an aromatic ring is 1. The molecule has 17 heavy (non-hydrogen) atoms. The van der Waals surface area contributed by atoms with Crippen LogP contribution < -0.4 is 15.8 Å². The van der Waals surface area contributed by atoms with E-state index in [4.69, 9.17) is 10.5 Å². The monoisotopic (exact) mass is 234 g/mol. The van der Waals surface area contributed by atoms with Crippen molar-refractivity contribution in [3.8, 4) is 5.75 Å². The van der Waals surface area contributed by atoms with Gasteiger partial charge in [-0.3, -0.25) is 4.79 Å². The molecule has 1 saturated carbocycles. The van der Waals surface area contributed by atoms with Crippen LogP contribution in [0.5, 0.6) is 5.75 Å². The summed E-state index contributed by atoms with van der Waals surface area (Å²) in [6, 6.07) is 7.23. The second kappa shape index (κ2) is 5.57. The summed E-state index contributed by atoms with van der Waals surface area (Å²) in [5.41, 5.74) is 6.28. The van der Waals surface area contributed by atoms with E-state index in [0.717, 1.165) is 11.4 Å². The highest BCUT2D eigenvalue weighted by atomic mass is 16.5. The first-order chi connectivity index (χ1) is 8.24. The zero-order valence-corrected chi connectivity index (χ0v) is 9.82. The normalized spacial score (nSPS) is 14.4. The van der Waals surface area contributed by atoms with Crippen LogP contribution in [0.15, 0.2) is 24.3 Å². The average molecular weight is 234 g/mol. The molecule has 0 atom stereocenters. The number of carbonyl (C=O) groups excluding carboxylic acids is 1. The zero-order valence-electron chi connectivity index (χ0n) is 9.82. The Hall–Kier alpha value is -1.71. The van der Waals surface area contributed by atoms with E-state index in [1.165, 1.54) is 12.8 Å². The molecule has 0 aliphatic heterocycles. The lowest BCUT2D eigenvalue weighted by Crippen LogP contribution is -2.28. The maximum Gasteiger partial charge on any atom is 0.220 e. The van der Waals surface area contributed by atoms with Crippen molar-refractivity contribution in [3.63, 3.8) is 0 Å². The number of anilines is 1. The molecule has 1 aromatic rings. The molecule has 4 heteroatoms. The average Bonchev–Trinajstić information content (AvgIpc) is 3.11. The standard InChI is InChI=1S/C13H18N2O2/c14-11-3-5-12(6-4-11)17-8-7-15-13(16)9-10-1-2-10/h3-6,10H,1-2,7-9,14H2,(H,15,16). The number of nitrogens with one attached hydrogen (secondary N) is 1. The van der Waals surface area contributed by atoms with Crippen LogP contribution in [0.3, 0.4) is 0 Å². The van der Waals surface area contributed by atoms with Gasteiger partial charge in [0.05, 0.1) is 6.54 Å². The molecule has 1 fully saturated rings. The Bertz CT molecular complexity index is 372. The van der Waals surface area contributed by atoms with Crippen molar-refractivity contribution in [1.29, 1.82) is 0 Å². The van der Waals surface area contributed by atoms with Crippen molar-refractivity contribution in [2.75, 3.05) is 18.9 Å². The van der Waals surface area contributed by atoms with Gasteiger partial charge in [0.1, 0.15) is 12.4 Å². The quantitative estimate of drug-likeness (QED) is 0.580. The molecule has 4 nitrogen and oxygen atoms in total. The van der Waals surface area contributed by atoms with Crippen molar-refractivity contribution in [3.05, 3.63) is 24.3 Å². The molecule has 2 rings (SSSR count). The van der Waals surface area contributed by atoms with E-state index < -0.39 is 0 Å². The van der Waals surface area contributed by atoms with Crippen molar-refractivity contribution in [2.24, 2.45) is 5.92 Å². The summed E-state index contributed by atoms with van der Waals surface area (Å²) in [6.45, 7) is 1.04. The van der Waals surface area contributed by atoms with Crippen LogP contribution in [0.2, 0.25) is 0 Å². The Morgan fingerprint density at radius 3 is 2.71 bits per heavy atom. The molecule has 92 valence electrons. The number of hydrogen-bond acceptors (Lipinski definition) is 3. The lowest BCUT2D eigenvalue weighted by atomic mass is 10.3. The van der Waals surface area contributed by atoms with E-state index in [9.17, 15) is 4.79 Å². The summed E-state index contributed by atoms with van der Waals surface area (Å²) in [7, 11) is 0. The van der Waals surface area contributed by atoms with Crippen LogP contribution in [0, 0.1) is 5.92 Å². The van der Waals surface area contributed by atoms with Crippen molar-refractivity contribution in [2.45, 2.75) is 19.3 Å². The second-order valence-electron chi connectivity index (χ2n) is 4.41. The Morgan fingerprint density at radius 2 is 2.06 bits per heavy atom. The van der Waals surface area contributed by atoms with E-state index in [1.54, 1.807) is 12.1 Å². The Morgan fingerprint density at radius 1 is 1.35 bits per heavy atom. The molecule has 0 unspecified atom stereocenters. The summed E-state index contributed by atoms with van der Waals surface area (Å²) in [6.07, 6.45) is 3.08.